The molecule has 3 N–H and O–H groups in total. The van der Waals surface area contributed by atoms with Gasteiger partial charge in [0.25, 0.3) is 6.29 Å². The van der Waals surface area contributed by atoms with Crippen LogP contribution in [0.4, 0.5) is 0 Å². The average molecular weight is 757 g/mol. The quantitative estimate of drug-likeness (QED) is 0.150. The number of hydrogen-bond acceptors (Lipinski definition) is 11. The lowest BCUT2D eigenvalue weighted by molar-refractivity contribution is -0.116. The van der Waals surface area contributed by atoms with Gasteiger partial charge in [-0.15, -0.1) is 11.3 Å². The number of fused-ring (bicyclic) bond motifs is 2. The third-order valence-electron chi connectivity index (χ3n) is 9.39. The lowest BCUT2D eigenvalue weighted by atomic mass is 9.66. The monoisotopic (exact) mass is 756 g/mol. The molecule has 0 saturated carbocycles. The molecule has 5 aliphatic carbocycles. The molecule has 0 bridgehead atoms. The van der Waals surface area contributed by atoms with E-state index in [1.165, 1.54) is 23.9 Å². The number of aliphatic hydroxyl groups excluding tert-OH is 1. The van der Waals surface area contributed by atoms with Crippen LogP contribution >= 0.6 is 23.1 Å². The van der Waals surface area contributed by atoms with E-state index in [0.717, 1.165) is 59.8 Å². The molecule has 1 unspecified atom stereocenters. The van der Waals surface area contributed by atoms with Crippen LogP contribution < -0.4 is 5.73 Å². The molecule has 6 aliphatic rings. The lowest BCUT2D eigenvalue weighted by Gasteiger charge is -2.35. The van der Waals surface area contributed by atoms with Gasteiger partial charge in [0, 0.05) is 80.2 Å². The zero-order chi connectivity index (χ0) is 38.4. The van der Waals surface area contributed by atoms with Crippen LogP contribution in [-0.4, -0.2) is 46.1 Å². The van der Waals surface area contributed by atoms with Crippen molar-refractivity contribution in [2.75, 3.05) is 0 Å². The summed E-state index contributed by atoms with van der Waals surface area (Å²) in [6, 6.07) is 17.4. The first-order valence-electron chi connectivity index (χ1n) is 17.3. The molecule has 9 rings (SSSR count). The summed E-state index contributed by atoms with van der Waals surface area (Å²) in [4.78, 5) is 83.5. The van der Waals surface area contributed by atoms with Gasteiger partial charge in [0.15, 0.2) is 23.1 Å². The Morgan fingerprint density at radius 3 is 1.98 bits per heavy atom. The Labute approximate surface area is 319 Å². The molecule has 0 fully saturated rings. The molecule has 0 saturated heterocycles. The van der Waals surface area contributed by atoms with E-state index in [1.54, 1.807) is 59.9 Å². The molecule has 2 heterocycles. The number of ketones is 6. The van der Waals surface area contributed by atoms with Gasteiger partial charge < -0.3 is 10.8 Å². The van der Waals surface area contributed by atoms with E-state index < -0.39 is 11.6 Å². The highest BCUT2D eigenvalue weighted by Crippen LogP contribution is 2.50. The predicted molar refractivity (Wildman–Crippen MR) is 207 cm³/mol. The Morgan fingerprint density at radius 1 is 0.741 bits per heavy atom. The van der Waals surface area contributed by atoms with Gasteiger partial charge in [0.2, 0.25) is 16.5 Å². The number of aliphatic hydroxyl groups is 1. The molecule has 1 aromatic heterocycles. The number of allylic oxidation sites excluding steroid dienone is 10. The number of benzene rings is 2. The van der Waals surface area contributed by atoms with E-state index in [2.05, 4.69) is 6.08 Å². The Kier molecular flexibility index (Phi) is 11.8. The molecule has 270 valence electrons. The summed E-state index contributed by atoms with van der Waals surface area (Å²) >= 11 is 2.94. The summed E-state index contributed by atoms with van der Waals surface area (Å²) in [6.07, 6.45) is 12.9. The number of nitrogens with two attached hydrogens (primary N) is 1. The Morgan fingerprint density at radius 2 is 1.41 bits per heavy atom. The smallest absolute Gasteiger partial charge is 0.260 e. The number of Topliss-reactive ketones (excluding diaryl/α,β-unsaturated/α-hetero) is 4. The minimum Gasteiger partial charge on any atom is -0.507 e. The van der Waals surface area contributed by atoms with Gasteiger partial charge in [-0.05, 0) is 49.6 Å². The SMILES string of the molecule is NC1=CC(=O)CCC1.O=C1C=C(O)c2ccccc2C1=O.O=C1CCCC2=C1C(c1cccs1)C1=C(C2)C(=O)c2ccccc2C1=O.O=CC1=[C+]C=CS1. The number of rotatable bonds is 2. The van der Waals surface area contributed by atoms with Crippen molar-refractivity contribution in [3.05, 3.63) is 156 Å². The average Bonchev–Trinajstić information content (AvgIpc) is 3.92. The lowest BCUT2D eigenvalue weighted by Crippen LogP contribution is -2.32. The Balaban J connectivity index is 0.000000146. The number of thiophene rings is 1. The van der Waals surface area contributed by atoms with Crippen molar-refractivity contribution in [2.24, 2.45) is 5.73 Å². The first kappa shape index (κ1) is 37.9. The summed E-state index contributed by atoms with van der Waals surface area (Å²) in [6.45, 7) is 0. The summed E-state index contributed by atoms with van der Waals surface area (Å²) in [5, 5.41) is 13.1. The summed E-state index contributed by atoms with van der Waals surface area (Å²) in [5.41, 5.74) is 10.7. The van der Waals surface area contributed by atoms with E-state index >= 15 is 0 Å². The second kappa shape index (κ2) is 16.9. The molecular formula is C43H34NO8S2+. The highest BCUT2D eigenvalue weighted by molar-refractivity contribution is 8.06. The number of aldehydes is 1. The van der Waals surface area contributed by atoms with Crippen LogP contribution in [0.15, 0.2) is 123 Å². The highest BCUT2D eigenvalue weighted by atomic mass is 32.2. The first-order chi connectivity index (χ1) is 26.1. The summed E-state index contributed by atoms with van der Waals surface area (Å²) in [7, 11) is 0. The topological polar surface area (TPSA) is 166 Å². The van der Waals surface area contributed by atoms with Crippen molar-refractivity contribution in [3.63, 3.8) is 0 Å². The molecule has 9 nitrogen and oxygen atoms in total. The van der Waals surface area contributed by atoms with Gasteiger partial charge in [-0.2, -0.15) is 0 Å². The van der Waals surface area contributed by atoms with Crippen molar-refractivity contribution in [1.29, 1.82) is 0 Å². The molecule has 0 spiro atoms. The van der Waals surface area contributed by atoms with Crippen LogP contribution in [0.2, 0.25) is 0 Å². The molecule has 1 atom stereocenters. The predicted octanol–water partition coefficient (Wildman–Crippen LogP) is 7.73. The van der Waals surface area contributed by atoms with Crippen molar-refractivity contribution >= 4 is 69.8 Å². The Bertz CT molecular complexity index is 2280. The maximum Gasteiger partial charge on any atom is 0.260 e. The van der Waals surface area contributed by atoms with E-state index in [9.17, 15) is 38.7 Å². The van der Waals surface area contributed by atoms with Gasteiger partial charge in [0.05, 0.1) is 17.4 Å². The van der Waals surface area contributed by atoms with E-state index in [-0.39, 0.29) is 40.4 Å². The highest BCUT2D eigenvalue weighted by Gasteiger charge is 2.44. The maximum absolute atomic E-state index is 13.3. The fourth-order valence-electron chi connectivity index (χ4n) is 6.94. The van der Waals surface area contributed by atoms with Crippen molar-refractivity contribution in [1.82, 2.24) is 0 Å². The minimum absolute atomic E-state index is 0.0543. The van der Waals surface area contributed by atoms with E-state index in [1.807, 2.05) is 22.9 Å². The van der Waals surface area contributed by atoms with Crippen LogP contribution in [0.1, 0.15) is 92.4 Å². The molecule has 2 aromatic carbocycles. The molecule has 0 amide bonds. The van der Waals surface area contributed by atoms with Gasteiger partial charge in [-0.25, -0.2) is 4.79 Å². The van der Waals surface area contributed by atoms with Gasteiger partial charge in [-0.3, -0.25) is 28.8 Å². The van der Waals surface area contributed by atoms with Crippen molar-refractivity contribution in [2.45, 2.75) is 50.9 Å². The van der Waals surface area contributed by atoms with Gasteiger partial charge in [0.1, 0.15) is 11.8 Å². The zero-order valence-corrected chi connectivity index (χ0v) is 30.6. The summed E-state index contributed by atoms with van der Waals surface area (Å²) < 4.78 is 0. The van der Waals surface area contributed by atoms with Crippen LogP contribution in [0.25, 0.3) is 5.76 Å². The fraction of sp³-hybridized carbons (Fsp3) is 0.186. The molecule has 3 aromatic rings. The third kappa shape index (κ3) is 8.04. The van der Waals surface area contributed by atoms with Crippen molar-refractivity contribution in [3.8, 4) is 0 Å². The number of carbonyl (C=O) groups excluding carboxylic acids is 7. The summed E-state index contributed by atoms with van der Waals surface area (Å²) in [5.74, 6) is -1.60. The molecule has 0 radical (unpaired) electrons. The first-order valence-corrected chi connectivity index (χ1v) is 19.0. The third-order valence-corrected chi connectivity index (χ3v) is 11.1. The van der Waals surface area contributed by atoms with E-state index in [0.29, 0.717) is 52.0 Å². The minimum atomic E-state index is -0.670. The molecule has 1 aliphatic heterocycles. The van der Waals surface area contributed by atoms with Crippen LogP contribution in [0.3, 0.4) is 0 Å². The van der Waals surface area contributed by atoms with Crippen molar-refractivity contribution < 1.29 is 38.7 Å². The Hall–Kier alpha value is -5.87. The van der Waals surface area contributed by atoms with E-state index in [4.69, 9.17) is 5.73 Å². The number of hydrogen-bond donors (Lipinski definition) is 2. The second-order valence-corrected chi connectivity index (χ2v) is 14.8. The van der Waals surface area contributed by atoms with Crippen LogP contribution in [-0.2, 0) is 19.2 Å². The standard InChI is InChI=1S/C22H16O3S.C10H6O3.C6H9NO.C5H3OS/c23-16-8-3-5-12-11-15-19(20(18(12)16)17-9-4-10-26-17)22(25)14-7-2-1-6-13(14)21(15)24;11-8-5-9(12)10(13)7-4-2-1-3-6(7)8;7-5-2-1-3-6(8)4-5;6-4-5-2-1-3-7-5/h1-2,4,6-7,9-10,20H,3,5,8,11H2;1-5,11H;4H,1-3,7H2;1,3-4H/q;;;+1. The number of thioether (sulfide) groups is 1. The largest absolute Gasteiger partial charge is 0.507 e. The van der Waals surface area contributed by atoms with Gasteiger partial charge in [-0.1, -0.05) is 60.2 Å². The van der Waals surface area contributed by atoms with Crippen LogP contribution in [0.5, 0.6) is 0 Å². The molecule has 54 heavy (non-hydrogen) atoms. The van der Waals surface area contributed by atoms with Crippen LogP contribution in [0, 0.1) is 6.08 Å². The maximum atomic E-state index is 13.3. The molecule has 11 heteroatoms. The molecular weight excluding hydrogens is 723 g/mol. The fourth-order valence-corrected chi connectivity index (χ4v) is 8.26. The number of carbonyl (C=O) groups is 7. The normalized spacial score (nSPS) is 19.5. The van der Waals surface area contributed by atoms with Gasteiger partial charge >= 0.3 is 0 Å². The second-order valence-electron chi connectivity index (χ2n) is 12.9. The zero-order valence-electron chi connectivity index (χ0n) is 29.0.